The smallest absolute Gasteiger partial charge is 0.274 e. The van der Waals surface area contributed by atoms with E-state index >= 15 is 0 Å². The van der Waals surface area contributed by atoms with Crippen molar-refractivity contribution in [2.24, 2.45) is 0 Å². The zero-order valence-corrected chi connectivity index (χ0v) is 18.1. The van der Waals surface area contributed by atoms with E-state index in [4.69, 9.17) is 9.94 Å². The SMILES string of the molecule is O=C(NO)c1cc(F)c(Sc2nnc(-c3ccc(F)cc3)n2CCN2CCOCC2)c(F)c1. The van der Waals surface area contributed by atoms with Crippen LogP contribution in [0.4, 0.5) is 13.2 Å². The van der Waals surface area contributed by atoms with Gasteiger partial charge in [-0.15, -0.1) is 10.2 Å². The van der Waals surface area contributed by atoms with Gasteiger partial charge < -0.3 is 9.30 Å². The van der Waals surface area contributed by atoms with Crippen molar-refractivity contribution in [1.82, 2.24) is 25.1 Å². The molecule has 1 aromatic heterocycles. The number of rotatable bonds is 7. The van der Waals surface area contributed by atoms with Crippen LogP contribution in [-0.4, -0.2) is 63.6 Å². The van der Waals surface area contributed by atoms with Gasteiger partial charge in [0.05, 0.1) is 18.1 Å². The molecule has 12 heteroatoms. The molecule has 33 heavy (non-hydrogen) atoms. The topological polar surface area (TPSA) is 92.5 Å². The van der Waals surface area contributed by atoms with E-state index in [2.05, 4.69) is 15.1 Å². The molecule has 0 saturated carbocycles. The lowest BCUT2D eigenvalue weighted by molar-refractivity contribution is 0.0361. The molecule has 2 heterocycles. The van der Waals surface area contributed by atoms with E-state index in [0.29, 0.717) is 37.7 Å². The van der Waals surface area contributed by atoms with Crippen molar-refractivity contribution in [2.45, 2.75) is 16.6 Å². The molecule has 2 N–H and O–H groups in total. The molecule has 0 unspecified atom stereocenters. The molecular formula is C21H20F3N5O3S. The van der Waals surface area contributed by atoms with Gasteiger partial charge in [-0.2, -0.15) is 0 Å². The largest absolute Gasteiger partial charge is 0.379 e. The van der Waals surface area contributed by atoms with Gasteiger partial charge in [-0.05, 0) is 48.2 Å². The Bertz CT molecular complexity index is 1110. The summed E-state index contributed by atoms with van der Waals surface area (Å²) in [5, 5.41) is 17.2. The number of hydroxylamine groups is 1. The summed E-state index contributed by atoms with van der Waals surface area (Å²) in [7, 11) is 0. The summed E-state index contributed by atoms with van der Waals surface area (Å²) in [6.07, 6.45) is 0. The highest BCUT2D eigenvalue weighted by molar-refractivity contribution is 7.99. The molecule has 1 saturated heterocycles. The fourth-order valence-corrected chi connectivity index (χ4v) is 4.25. The number of carbonyl (C=O) groups excluding carboxylic acids is 1. The Morgan fingerprint density at radius 3 is 2.36 bits per heavy atom. The molecule has 0 bridgehead atoms. The highest BCUT2D eigenvalue weighted by Gasteiger charge is 2.22. The Kier molecular flexibility index (Phi) is 7.28. The van der Waals surface area contributed by atoms with Crippen LogP contribution in [0.2, 0.25) is 0 Å². The molecule has 0 spiro atoms. The second-order valence-corrected chi connectivity index (χ2v) is 8.21. The number of nitrogens with zero attached hydrogens (tertiary/aromatic N) is 4. The van der Waals surface area contributed by atoms with Crippen LogP contribution in [0.15, 0.2) is 46.5 Å². The van der Waals surface area contributed by atoms with Crippen LogP contribution >= 0.6 is 11.8 Å². The van der Waals surface area contributed by atoms with E-state index in [1.807, 2.05) is 0 Å². The average Bonchev–Trinajstić information content (AvgIpc) is 3.22. The van der Waals surface area contributed by atoms with Crippen LogP contribution in [0.3, 0.4) is 0 Å². The minimum atomic E-state index is -1.03. The van der Waals surface area contributed by atoms with Crippen molar-refractivity contribution in [1.29, 1.82) is 0 Å². The lowest BCUT2D eigenvalue weighted by Gasteiger charge is -2.27. The normalized spacial score (nSPS) is 14.4. The third-order valence-corrected chi connectivity index (χ3v) is 6.20. The Morgan fingerprint density at radius 2 is 1.73 bits per heavy atom. The van der Waals surface area contributed by atoms with Crippen molar-refractivity contribution < 1.29 is 27.9 Å². The first kappa shape index (κ1) is 23.2. The maximum absolute atomic E-state index is 14.6. The first-order valence-electron chi connectivity index (χ1n) is 10.1. The fraction of sp³-hybridized carbons (Fsp3) is 0.286. The first-order chi connectivity index (χ1) is 16.0. The van der Waals surface area contributed by atoms with Crippen LogP contribution in [0.5, 0.6) is 0 Å². The predicted octanol–water partition coefficient (Wildman–Crippen LogP) is 2.96. The zero-order chi connectivity index (χ0) is 23.4. The van der Waals surface area contributed by atoms with Gasteiger partial charge in [-0.1, -0.05) is 0 Å². The van der Waals surface area contributed by atoms with Crippen molar-refractivity contribution in [3.63, 3.8) is 0 Å². The number of ether oxygens (including phenoxy) is 1. The van der Waals surface area contributed by atoms with Gasteiger partial charge in [0, 0.05) is 37.3 Å². The van der Waals surface area contributed by atoms with Gasteiger partial charge in [-0.25, -0.2) is 18.7 Å². The van der Waals surface area contributed by atoms with Gasteiger partial charge in [0.25, 0.3) is 5.91 Å². The number of aromatic nitrogens is 3. The fourth-order valence-electron chi connectivity index (χ4n) is 3.39. The molecule has 174 valence electrons. The summed E-state index contributed by atoms with van der Waals surface area (Å²) < 4.78 is 49.7. The number of morpholine rings is 1. The standard InChI is InChI=1S/C21H20F3N5O3S/c22-15-3-1-13(2-4-15)19-25-26-21(29(19)6-5-28-7-9-32-10-8-28)33-18-16(23)11-14(12-17(18)24)20(30)27-31/h1-4,11-12,31H,5-10H2,(H,27,30). The minimum absolute atomic E-state index is 0.236. The summed E-state index contributed by atoms with van der Waals surface area (Å²) >= 11 is 0.729. The van der Waals surface area contributed by atoms with Crippen molar-refractivity contribution >= 4 is 17.7 Å². The van der Waals surface area contributed by atoms with Crippen LogP contribution in [0.25, 0.3) is 11.4 Å². The third kappa shape index (κ3) is 5.36. The van der Waals surface area contributed by atoms with Crippen LogP contribution < -0.4 is 5.48 Å². The van der Waals surface area contributed by atoms with Gasteiger partial charge in [0.15, 0.2) is 11.0 Å². The molecule has 1 aliphatic rings. The minimum Gasteiger partial charge on any atom is -0.379 e. The molecule has 8 nitrogen and oxygen atoms in total. The molecule has 1 aliphatic heterocycles. The number of hydrogen-bond acceptors (Lipinski definition) is 7. The summed E-state index contributed by atoms with van der Waals surface area (Å²) in [4.78, 5) is 13.3. The number of benzene rings is 2. The molecule has 0 aliphatic carbocycles. The van der Waals surface area contributed by atoms with Crippen molar-refractivity contribution in [3.8, 4) is 11.4 Å². The maximum Gasteiger partial charge on any atom is 0.274 e. The maximum atomic E-state index is 14.6. The Hall–Kier alpha value is -2.93. The summed E-state index contributed by atoms with van der Waals surface area (Å²) in [5.74, 6) is -2.96. The third-order valence-electron chi connectivity index (χ3n) is 5.12. The number of hydrogen-bond donors (Lipinski definition) is 2. The second-order valence-electron chi connectivity index (χ2n) is 7.23. The first-order valence-corrected chi connectivity index (χ1v) is 10.9. The molecule has 0 atom stereocenters. The quantitative estimate of drug-likeness (QED) is 0.398. The number of amides is 1. The Labute approximate surface area is 191 Å². The lowest BCUT2D eigenvalue weighted by atomic mass is 10.2. The van der Waals surface area contributed by atoms with Gasteiger partial charge >= 0.3 is 0 Å². The van der Waals surface area contributed by atoms with E-state index in [1.54, 1.807) is 16.7 Å². The highest BCUT2D eigenvalue weighted by Crippen LogP contribution is 2.34. The number of halogens is 3. The molecule has 1 amide bonds. The monoisotopic (exact) mass is 479 g/mol. The van der Waals surface area contributed by atoms with Crippen molar-refractivity contribution in [3.05, 3.63) is 59.4 Å². The van der Waals surface area contributed by atoms with Gasteiger partial charge in [0.1, 0.15) is 17.5 Å². The molecule has 1 fully saturated rings. The Morgan fingerprint density at radius 1 is 1.06 bits per heavy atom. The molecule has 0 radical (unpaired) electrons. The van der Waals surface area contributed by atoms with Crippen LogP contribution in [0, 0.1) is 17.5 Å². The van der Waals surface area contributed by atoms with Gasteiger partial charge in [-0.3, -0.25) is 14.9 Å². The van der Waals surface area contributed by atoms with E-state index in [9.17, 15) is 18.0 Å². The second kappa shape index (κ2) is 10.3. The predicted molar refractivity (Wildman–Crippen MR) is 112 cm³/mol. The number of nitrogens with one attached hydrogen (secondary N) is 1. The molecule has 2 aromatic carbocycles. The molecule has 3 aromatic rings. The lowest BCUT2D eigenvalue weighted by Crippen LogP contribution is -2.38. The van der Waals surface area contributed by atoms with Crippen LogP contribution in [-0.2, 0) is 11.3 Å². The van der Waals surface area contributed by atoms with E-state index in [-0.39, 0.29) is 15.6 Å². The van der Waals surface area contributed by atoms with E-state index < -0.39 is 23.4 Å². The van der Waals surface area contributed by atoms with Crippen molar-refractivity contribution in [2.75, 3.05) is 32.8 Å². The van der Waals surface area contributed by atoms with Crippen LogP contribution in [0.1, 0.15) is 10.4 Å². The Balaban J connectivity index is 1.66. The van der Waals surface area contributed by atoms with E-state index in [1.165, 1.54) is 17.6 Å². The number of carbonyl (C=O) groups is 1. The zero-order valence-electron chi connectivity index (χ0n) is 17.3. The average molecular weight is 479 g/mol. The van der Waals surface area contributed by atoms with Gasteiger partial charge in [0.2, 0.25) is 0 Å². The summed E-state index contributed by atoms with van der Waals surface area (Å²) in [6.45, 7) is 3.82. The summed E-state index contributed by atoms with van der Waals surface area (Å²) in [6, 6.07) is 7.37. The summed E-state index contributed by atoms with van der Waals surface area (Å²) in [5.41, 5.74) is 1.58. The van der Waals surface area contributed by atoms with E-state index in [0.717, 1.165) is 37.0 Å². The highest BCUT2D eigenvalue weighted by atomic mass is 32.2. The molecule has 4 rings (SSSR count). The molecular weight excluding hydrogens is 459 g/mol.